The molecule has 0 aromatic heterocycles. The van der Waals surface area contributed by atoms with Crippen molar-refractivity contribution in [2.75, 3.05) is 4.90 Å². The third kappa shape index (κ3) is 5.14. The maximum Gasteiger partial charge on any atom is 0.0462 e. The van der Waals surface area contributed by atoms with Crippen LogP contribution < -0.4 is 4.90 Å². The number of fused-ring (bicyclic) bond motifs is 7. The molecule has 67 heavy (non-hydrogen) atoms. The highest BCUT2D eigenvalue weighted by Gasteiger charge is 2.27. The number of rotatable bonds is 6. The molecule has 0 saturated carbocycles. The number of hydrogen-bond donors (Lipinski definition) is 0. The summed E-state index contributed by atoms with van der Waals surface area (Å²) in [7, 11) is 0. The maximum atomic E-state index is 2.54. The van der Waals surface area contributed by atoms with Crippen LogP contribution >= 0.6 is 0 Å². The molecular weight excluding hydrogens is 807 g/mol. The zero-order chi connectivity index (χ0) is 43.7. The van der Waals surface area contributed by atoms with Gasteiger partial charge in [-0.25, -0.2) is 0 Å². The first kappa shape index (κ1) is 36.5. The number of hydrogen-bond acceptors (Lipinski definition) is 1. The largest absolute Gasteiger partial charge is 0.311 e. The van der Waals surface area contributed by atoms with E-state index in [1.807, 2.05) is 0 Å². The van der Waals surface area contributed by atoms with Crippen LogP contribution in [0.15, 0.2) is 237 Å². The minimum Gasteiger partial charge on any atom is -0.311 e. The topological polar surface area (TPSA) is 3.24 Å². The van der Waals surface area contributed by atoms with E-state index in [1.54, 1.807) is 0 Å². The lowest BCUT2D eigenvalue weighted by Gasteiger charge is -2.25. The van der Waals surface area contributed by atoms with Crippen molar-refractivity contribution in [2.45, 2.75) is 0 Å². The van der Waals surface area contributed by atoms with Gasteiger partial charge in [0, 0.05) is 17.1 Å². The molecule has 0 aliphatic heterocycles. The number of benzene rings is 13. The molecule has 15 aromatic rings. The zero-order valence-electron chi connectivity index (χ0n) is 36.5. The second kappa shape index (κ2) is 13.9. The Morgan fingerprint density at radius 1 is 0.209 bits per heavy atom. The standard InChI is InChI=1S/C66H39N/c1-5-15-41(16-6-1)60-56-39-55-52-36-35-49(40-29-32-48(33-30-40)67(46-21-9-3-10-22-46)47-23-11-4-12-24-47)50-25-14-26-51(63(50)52)54(55)38-57(56)61(42-17-7-2-8-18-42)66-58-37-45-20-13-19-43-27-28-44-31-34-53(65(60)66)64(58)62(44)59(43)45/h1-39H. The van der Waals surface area contributed by atoms with Crippen LogP contribution in [-0.2, 0) is 0 Å². The van der Waals surface area contributed by atoms with Crippen LogP contribution in [0.5, 0.6) is 0 Å². The Kier molecular flexibility index (Phi) is 7.56. The molecule has 0 atom stereocenters. The Labute approximate surface area is 387 Å². The molecule has 0 aliphatic carbocycles. The van der Waals surface area contributed by atoms with Gasteiger partial charge in [0.05, 0.1) is 0 Å². The molecule has 15 rings (SSSR count). The fourth-order valence-electron chi connectivity index (χ4n) is 12.1. The Morgan fingerprint density at radius 3 is 1.34 bits per heavy atom. The van der Waals surface area contributed by atoms with Crippen molar-refractivity contribution in [1.29, 1.82) is 0 Å². The fourth-order valence-corrected chi connectivity index (χ4v) is 12.1. The van der Waals surface area contributed by atoms with Crippen molar-refractivity contribution >= 4 is 114 Å². The predicted molar refractivity (Wildman–Crippen MR) is 289 cm³/mol. The van der Waals surface area contributed by atoms with Gasteiger partial charge in [-0.05, 0) is 185 Å². The van der Waals surface area contributed by atoms with E-state index in [0.717, 1.165) is 17.1 Å². The molecule has 15 aromatic carbocycles. The lowest BCUT2D eigenvalue weighted by atomic mass is 9.85. The summed E-state index contributed by atoms with van der Waals surface area (Å²) in [6, 6.07) is 88.1. The molecule has 0 radical (unpaired) electrons. The third-order valence-electron chi connectivity index (χ3n) is 14.8. The third-order valence-corrected chi connectivity index (χ3v) is 14.8. The van der Waals surface area contributed by atoms with Crippen LogP contribution in [0.25, 0.3) is 130 Å². The summed E-state index contributed by atoms with van der Waals surface area (Å²) < 4.78 is 0. The van der Waals surface area contributed by atoms with E-state index < -0.39 is 0 Å². The summed E-state index contributed by atoms with van der Waals surface area (Å²) in [6.45, 7) is 0. The molecular formula is C66H39N. The maximum absolute atomic E-state index is 2.54. The molecule has 0 fully saturated rings. The van der Waals surface area contributed by atoms with Crippen LogP contribution in [0.2, 0.25) is 0 Å². The Morgan fingerprint density at radius 2 is 0.701 bits per heavy atom. The molecule has 308 valence electrons. The van der Waals surface area contributed by atoms with Gasteiger partial charge in [-0.3, -0.25) is 0 Å². The predicted octanol–water partition coefficient (Wildman–Crippen LogP) is 18.8. The van der Waals surface area contributed by atoms with Crippen LogP contribution in [0.1, 0.15) is 0 Å². The lowest BCUT2D eigenvalue weighted by Crippen LogP contribution is -2.09. The summed E-state index contributed by atoms with van der Waals surface area (Å²) in [5.41, 5.74) is 10.9. The van der Waals surface area contributed by atoms with Crippen molar-refractivity contribution in [2.24, 2.45) is 0 Å². The molecule has 0 N–H and O–H groups in total. The molecule has 0 saturated heterocycles. The zero-order valence-corrected chi connectivity index (χ0v) is 36.5. The van der Waals surface area contributed by atoms with Crippen LogP contribution in [0.3, 0.4) is 0 Å². The van der Waals surface area contributed by atoms with Crippen molar-refractivity contribution in [3.63, 3.8) is 0 Å². The summed E-state index contributed by atoms with van der Waals surface area (Å²) in [5.74, 6) is 0. The average Bonchev–Trinajstić information content (AvgIpc) is 3.89. The first-order valence-corrected chi connectivity index (χ1v) is 23.3. The first-order valence-electron chi connectivity index (χ1n) is 23.3. The molecule has 0 heterocycles. The molecule has 0 amide bonds. The van der Waals surface area contributed by atoms with Crippen LogP contribution in [0.4, 0.5) is 17.1 Å². The monoisotopic (exact) mass is 845 g/mol. The molecule has 0 spiro atoms. The molecule has 1 nitrogen and oxygen atoms in total. The van der Waals surface area contributed by atoms with Crippen LogP contribution in [-0.4, -0.2) is 0 Å². The number of anilines is 3. The van der Waals surface area contributed by atoms with Gasteiger partial charge in [0.15, 0.2) is 0 Å². The number of nitrogens with zero attached hydrogens (tertiary/aromatic N) is 1. The van der Waals surface area contributed by atoms with Gasteiger partial charge in [-0.1, -0.05) is 182 Å². The first-order chi connectivity index (χ1) is 33.3. The molecule has 1 heteroatoms. The number of para-hydroxylation sites is 2. The van der Waals surface area contributed by atoms with Gasteiger partial charge in [-0.2, -0.15) is 0 Å². The fraction of sp³-hybridized carbons (Fsp3) is 0. The minimum atomic E-state index is 1.12. The minimum absolute atomic E-state index is 1.12. The highest BCUT2D eigenvalue weighted by Crippen LogP contribution is 2.55. The summed E-state index contributed by atoms with van der Waals surface area (Å²) in [5, 5.41) is 23.7. The quantitative estimate of drug-likeness (QED) is 0.151. The smallest absolute Gasteiger partial charge is 0.0462 e. The summed E-state index contributed by atoms with van der Waals surface area (Å²) in [4.78, 5) is 2.32. The van der Waals surface area contributed by atoms with Crippen LogP contribution in [0, 0.1) is 0 Å². The van der Waals surface area contributed by atoms with E-state index in [2.05, 4.69) is 241 Å². The Bertz CT molecular complexity index is 4350. The second-order valence-electron chi connectivity index (χ2n) is 18.3. The van der Waals surface area contributed by atoms with E-state index in [0.29, 0.717) is 0 Å². The van der Waals surface area contributed by atoms with Gasteiger partial charge in [0.25, 0.3) is 0 Å². The highest BCUT2D eigenvalue weighted by atomic mass is 15.1. The van der Waals surface area contributed by atoms with Crippen molar-refractivity contribution in [3.8, 4) is 33.4 Å². The highest BCUT2D eigenvalue weighted by molar-refractivity contribution is 6.46. The molecule has 0 aliphatic rings. The Hall–Kier alpha value is -8.78. The van der Waals surface area contributed by atoms with Gasteiger partial charge in [-0.15, -0.1) is 0 Å². The normalized spacial score (nSPS) is 12.2. The lowest BCUT2D eigenvalue weighted by molar-refractivity contribution is 1.28. The molecule has 0 bridgehead atoms. The van der Waals surface area contributed by atoms with Gasteiger partial charge in [0.2, 0.25) is 0 Å². The van der Waals surface area contributed by atoms with E-state index in [-0.39, 0.29) is 0 Å². The van der Waals surface area contributed by atoms with E-state index in [1.165, 1.54) is 130 Å². The molecule has 0 unspecified atom stereocenters. The van der Waals surface area contributed by atoms with Gasteiger partial charge in [0.1, 0.15) is 0 Å². The van der Waals surface area contributed by atoms with E-state index in [9.17, 15) is 0 Å². The SMILES string of the molecule is c1ccc(-c2c3cc4c(cc3c(-c3ccccc3)c3c5cc6cccc7ccc8ccc(c23)c5c8c76)c2cccc3c(-c5ccc(N(c6ccccc6)c6ccccc6)cc5)ccc4c32)cc1. The van der Waals surface area contributed by atoms with E-state index >= 15 is 0 Å². The van der Waals surface area contributed by atoms with Crippen molar-refractivity contribution in [1.82, 2.24) is 0 Å². The summed E-state index contributed by atoms with van der Waals surface area (Å²) in [6.07, 6.45) is 0. The summed E-state index contributed by atoms with van der Waals surface area (Å²) >= 11 is 0. The average molecular weight is 846 g/mol. The van der Waals surface area contributed by atoms with Gasteiger partial charge >= 0.3 is 0 Å². The second-order valence-corrected chi connectivity index (χ2v) is 18.3. The van der Waals surface area contributed by atoms with E-state index in [4.69, 9.17) is 0 Å². The van der Waals surface area contributed by atoms with Crippen molar-refractivity contribution in [3.05, 3.63) is 237 Å². The Balaban J connectivity index is 1.02. The van der Waals surface area contributed by atoms with Crippen molar-refractivity contribution < 1.29 is 0 Å². The van der Waals surface area contributed by atoms with Gasteiger partial charge < -0.3 is 4.90 Å².